The Kier molecular flexibility index (Phi) is 4.14. The quantitative estimate of drug-likeness (QED) is 0.443. The Balaban J connectivity index is 1.76. The molecule has 0 aliphatic heterocycles. The van der Waals surface area contributed by atoms with Crippen molar-refractivity contribution in [2.24, 2.45) is 0 Å². The van der Waals surface area contributed by atoms with E-state index in [1.54, 1.807) is 11.3 Å². The van der Waals surface area contributed by atoms with Crippen LogP contribution in [0, 0.1) is 0 Å². The van der Waals surface area contributed by atoms with Gasteiger partial charge in [-0.2, -0.15) is 0 Å². The van der Waals surface area contributed by atoms with Crippen molar-refractivity contribution in [3.05, 3.63) is 81.3 Å². The van der Waals surface area contributed by atoms with E-state index in [0.29, 0.717) is 5.13 Å². The van der Waals surface area contributed by atoms with Gasteiger partial charge in [0.15, 0.2) is 5.13 Å². The molecule has 0 unspecified atom stereocenters. The van der Waals surface area contributed by atoms with Crippen LogP contribution < -0.4 is 5.73 Å². The molecule has 134 valence electrons. The molecule has 1 aliphatic rings. The molecular formula is C22H18BrN3S. The van der Waals surface area contributed by atoms with Gasteiger partial charge in [-0.3, -0.25) is 0 Å². The summed E-state index contributed by atoms with van der Waals surface area (Å²) in [6.45, 7) is 0.813. The van der Waals surface area contributed by atoms with Crippen molar-refractivity contribution in [3.63, 3.8) is 0 Å². The van der Waals surface area contributed by atoms with Crippen molar-refractivity contribution in [3.8, 4) is 22.5 Å². The minimum absolute atomic E-state index is 0.650. The zero-order chi connectivity index (χ0) is 18.4. The summed E-state index contributed by atoms with van der Waals surface area (Å²) in [5, 5.41) is 0.650. The van der Waals surface area contributed by atoms with Crippen molar-refractivity contribution in [2.75, 3.05) is 5.73 Å². The average Bonchev–Trinajstić information content (AvgIpc) is 3.20. The molecule has 0 saturated carbocycles. The van der Waals surface area contributed by atoms with Gasteiger partial charge in [-0.15, -0.1) is 11.3 Å². The minimum Gasteiger partial charge on any atom is -0.375 e. The molecule has 2 heterocycles. The maximum absolute atomic E-state index is 6.03. The molecular weight excluding hydrogens is 418 g/mol. The SMILES string of the molecule is Nc1nc2c(s1)CCc1c-2c(Br)n(Cc2ccccc2)c1-c1ccccc1. The Morgan fingerprint density at radius 1 is 1.00 bits per heavy atom. The third-order valence-electron chi connectivity index (χ3n) is 5.08. The second-order valence-electron chi connectivity index (χ2n) is 6.75. The number of halogens is 1. The average molecular weight is 436 g/mol. The molecule has 0 bridgehead atoms. The van der Waals surface area contributed by atoms with Crippen molar-refractivity contribution in [1.29, 1.82) is 0 Å². The van der Waals surface area contributed by atoms with Crippen molar-refractivity contribution in [1.82, 2.24) is 9.55 Å². The normalized spacial score (nSPS) is 12.6. The number of nitrogens with two attached hydrogens (primary N) is 1. The lowest BCUT2D eigenvalue weighted by molar-refractivity contribution is 0.793. The number of nitrogens with zero attached hydrogens (tertiary/aromatic N) is 2. The number of hydrogen-bond acceptors (Lipinski definition) is 3. The smallest absolute Gasteiger partial charge is 0.180 e. The summed E-state index contributed by atoms with van der Waals surface area (Å²) < 4.78 is 3.46. The number of fused-ring (bicyclic) bond motifs is 3. The van der Waals surface area contributed by atoms with E-state index in [1.165, 1.54) is 32.8 Å². The predicted molar refractivity (Wildman–Crippen MR) is 116 cm³/mol. The molecule has 4 aromatic rings. The molecule has 2 aromatic heterocycles. The maximum atomic E-state index is 6.03. The van der Waals surface area contributed by atoms with E-state index in [0.717, 1.165) is 29.7 Å². The Hall–Kier alpha value is -2.37. The van der Waals surface area contributed by atoms with Crippen LogP contribution in [0.15, 0.2) is 65.3 Å². The van der Waals surface area contributed by atoms with E-state index < -0.39 is 0 Å². The van der Waals surface area contributed by atoms with E-state index in [9.17, 15) is 0 Å². The standard InChI is InChI=1S/C22H18BrN3S/c23-21-18-16(11-12-17-19(18)25-22(24)27-17)20(15-9-5-2-6-10-15)26(21)13-14-7-3-1-4-8-14/h1-10H,11-13H2,(H2,24,25). The summed E-state index contributed by atoms with van der Waals surface area (Å²) in [7, 11) is 0. The molecule has 2 N–H and O–H groups in total. The van der Waals surface area contributed by atoms with Crippen LogP contribution in [0.25, 0.3) is 22.5 Å². The number of benzene rings is 2. The van der Waals surface area contributed by atoms with E-state index in [2.05, 4.69) is 86.1 Å². The first-order chi connectivity index (χ1) is 13.2. The predicted octanol–water partition coefficient (Wildman–Crippen LogP) is 5.77. The fourth-order valence-electron chi connectivity index (χ4n) is 3.94. The lowest BCUT2D eigenvalue weighted by Gasteiger charge is -2.14. The van der Waals surface area contributed by atoms with Crippen LogP contribution in [0.1, 0.15) is 16.0 Å². The van der Waals surface area contributed by atoms with Gasteiger partial charge in [-0.1, -0.05) is 60.7 Å². The lowest BCUT2D eigenvalue weighted by Crippen LogP contribution is -2.03. The van der Waals surface area contributed by atoms with Gasteiger partial charge in [-0.05, 0) is 45.5 Å². The van der Waals surface area contributed by atoms with Gasteiger partial charge < -0.3 is 10.3 Å². The van der Waals surface area contributed by atoms with E-state index >= 15 is 0 Å². The van der Waals surface area contributed by atoms with Crippen LogP contribution in [0.5, 0.6) is 0 Å². The highest BCUT2D eigenvalue weighted by atomic mass is 79.9. The Morgan fingerprint density at radius 2 is 1.70 bits per heavy atom. The molecule has 0 amide bonds. The summed E-state index contributed by atoms with van der Waals surface area (Å²) in [6.07, 6.45) is 2.01. The molecule has 0 radical (unpaired) electrons. The zero-order valence-corrected chi connectivity index (χ0v) is 17.1. The summed E-state index contributed by atoms with van der Waals surface area (Å²) in [5.41, 5.74) is 13.4. The van der Waals surface area contributed by atoms with Crippen LogP contribution in [0.3, 0.4) is 0 Å². The first-order valence-corrected chi connectivity index (χ1v) is 10.6. The minimum atomic E-state index is 0.650. The van der Waals surface area contributed by atoms with E-state index in [4.69, 9.17) is 5.73 Å². The van der Waals surface area contributed by atoms with Crippen LogP contribution in [-0.4, -0.2) is 9.55 Å². The van der Waals surface area contributed by atoms with Gasteiger partial charge in [0.2, 0.25) is 0 Å². The van der Waals surface area contributed by atoms with Gasteiger partial charge >= 0.3 is 0 Å². The Morgan fingerprint density at radius 3 is 2.44 bits per heavy atom. The zero-order valence-electron chi connectivity index (χ0n) is 14.7. The number of nitrogen functional groups attached to an aromatic ring is 1. The molecule has 0 fully saturated rings. The number of thiazole rings is 1. The third-order valence-corrected chi connectivity index (χ3v) is 6.85. The Labute approximate surface area is 170 Å². The van der Waals surface area contributed by atoms with Crippen molar-refractivity contribution < 1.29 is 0 Å². The summed E-state index contributed by atoms with van der Waals surface area (Å²) >= 11 is 5.52. The second kappa shape index (κ2) is 6.66. The molecule has 0 saturated heterocycles. The molecule has 27 heavy (non-hydrogen) atoms. The molecule has 2 aromatic carbocycles. The van der Waals surface area contributed by atoms with Crippen molar-refractivity contribution >= 4 is 32.4 Å². The van der Waals surface area contributed by atoms with Gasteiger partial charge in [0.05, 0.1) is 16.0 Å². The number of aromatic nitrogens is 2. The maximum Gasteiger partial charge on any atom is 0.180 e. The van der Waals surface area contributed by atoms with Crippen LogP contribution in [0.2, 0.25) is 0 Å². The van der Waals surface area contributed by atoms with Crippen LogP contribution >= 0.6 is 27.3 Å². The molecule has 5 heteroatoms. The Bertz CT molecular complexity index is 1110. The van der Waals surface area contributed by atoms with Crippen LogP contribution in [0.4, 0.5) is 5.13 Å². The number of rotatable bonds is 3. The van der Waals surface area contributed by atoms with Gasteiger partial charge in [0.25, 0.3) is 0 Å². The molecule has 1 aliphatic carbocycles. The highest BCUT2D eigenvalue weighted by Crippen LogP contribution is 2.47. The van der Waals surface area contributed by atoms with Crippen LogP contribution in [-0.2, 0) is 19.4 Å². The fraction of sp³-hybridized carbons (Fsp3) is 0.136. The number of anilines is 1. The van der Waals surface area contributed by atoms with Gasteiger partial charge in [-0.25, -0.2) is 4.98 Å². The van der Waals surface area contributed by atoms with Gasteiger partial charge in [0.1, 0.15) is 0 Å². The number of aryl methyl sites for hydroxylation is 1. The van der Waals surface area contributed by atoms with Gasteiger partial charge in [0, 0.05) is 17.0 Å². The molecule has 0 spiro atoms. The summed E-state index contributed by atoms with van der Waals surface area (Å²) in [6, 6.07) is 21.2. The lowest BCUT2D eigenvalue weighted by atomic mass is 9.93. The molecule has 3 nitrogen and oxygen atoms in total. The summed E-state index contributed by atoms with van der Waals surface area (Å²) in [5.74, 6) is 0. The highest BCUT2D eigenvalue weighted by molar-refractivity contribution is 9.10. The van der Waals surface area contributed by atoms with E-state index in [-0.39, 0.29) is 0 Å². The first kappa shape index (κ1) is 16.8. The molecule has 0 atom stereocenters. The third kappa shape index (κ3) is 2.82. The fourth-order valence-corrected chi connectivity index (χ4v) is 5.50. The van der Waals surface area contributed by atoms with E-state index in [1.807, 2.05) is 0 Å². The largest absolute Gasteiger partial charge is 0.375 e. The highest BCUT2D eigenvalue weighted by Gasteiger charge is 2.30. The number of hydrogen-bond donors (Lipinski definition) is 1. The summed E-state index contributed by atoms with van der Waals surface area (Å²) in [4.78, 5) is 5.95. The topological polar surface area (TPSA) is 43.8 Å². The molecule has 5 rings (SSSR count). The van der Waals surface area contributed by atoms with Crippen molar-refractivity contribution in [2.45, 2.75) is 19.4 Å². The second-order valence-corrected chi connectivity index (χ2v) is 8.62. The first-order valence-electron chi connectivity index (χ1n) is 8.98. The monoisotopic (exact) mass is 435 g/mol.